The molecule has 2 N–H and O–H groups in total. The molecular formula is C18H24N2O6. The lowest BCUT2D eigenvalue weighted by molar-refractivity contribution is -0.132. The van der Waals surface area contributed by atoms with Crippen LogP contribution in [0.2, 0.25) is 0 Å². The molecular weight excluding hydrogens is 340 g/mol. The fourth-order valence-electron chi connectivity index (χ4n) is 2.51. The van der Waals surface area contributed by atoms with Gasteiger partial charge in [-0.2, -0.15) is 0 Å². The normalized spacial score (nSPS) is 20.7. The average molecular weight is 364 g/mol. The van der Waals surface area contributed by atoms with Crippen molar-refractivity contribution in [1.29, 1.82) is 0 Å². The van der Waals surface area contributed by atoms with E-state index in [0.717, 1.165) is 4.90 Å². The van der Waals surface area contributed by atoms with Gasteiger partial charge in [0.05, 0.1) is 18.7 Å². The minimum absolute atomic E-state index is 0.0986. The van der Waals surface area contributed by atoms with E-state index in [1.807, 2.05) is 0 Å². The quantitative estimate of drug-likeness (QED) is 0.532. The van der Waals surface area contributed by atoms with Gasteiger partial charge in [0.2, 0.25) is 0 Å². The number of hydrogen-bond donors (Lipinski definition) is 2. The first-order valence-electron chi connectivity index (χ1n) is 8.53. The molecule has 1 aliphatic rings. The Morgan fingerprint density at radius 1 is 1.27 bits per heavy atom. The smallest absolute Gasteiger partial charge is 0.338 e. The number of nitrogens with one attached hydrogen (secondary N) is 1. The topological polar surface area (TPSA) is 105 Å². The van der Waals surface area contributed by atoms with Crippen molar-refractivity contribution in [2.24, 2.45) is 0 Å². The number of carbonyl (C=O) groups is 3. The van der Waals surface area contributed by atoms with Gasteiger partial charge in [-0.3, -0.25) is 9.69 Å². The number of aliphatic hydroxyl groups is 1. The lowest BCUT2D eigenvalue weighted by Crippen LogP contribution is -2.44. The van der Waals surface area contributed by atoms with Crippen molar-refractivity contribution >= 4 is 17.9 Å². The van der Waals surface area contributed by atoms with E-state index >= 15 is 0 Å². The molecule has 1 aromatic carbocycles. The Kier molecular flexibility index (Phi) is 6.20. The van der Waals surface area contributed by atoms with Gasteiger partial charge in [-0.25, -0.2) is 9.59 Å². The van der Waals surface area contributed by atoms with Crippen LogP contribution in [-0.4, -0.2) is 59.3 Å². The van der Waals surface area contributed by atoms with E-state index < -0.39 is 23.6 Å². The zero-order valence-corrected chi connectivity index (χ0v) is 15.2. The van der Waals surface area contributed by atoms with Gasteiger partial charge in [0.1, 0.15) is 24.0 Å². The van der Waals surface area contributed by atoms with Crippen LogP contribution in [0.4, 0.5) is 4.79 Å². The Morgan fingerprint density at radius 2 is 1.92 bits per heavy atom. The summed E-state index contributed by atoms with van der Waals surface area (Å²) >= 11 is 0. The largest absolute Gasteiger partial charge is 0.491 e. The molecule has 0 aromatic heterocycles. The summed E-state index contributed by atoms with van der Waals surface area (Å²) in [5.74, 6) is -0.327. The van der Waals surface area contributed by atoms with Gasteiger partial charge in [0.25, 0.3) is 5.91 Å². The second-order valence-corrected chi connectivity index (χ2v) is 6.24. The molecule has 142 valence electrons. The summed E-state index contributed by atoms with van der Waals surface area (Å²) in [5.41, 5.74) is -0.529. The van der Waals surface area contributed by atoms with Crippen LogP contribution in [0.3, 0.4) is 0 Å². The highest BCUT2D eigenvalue weighted by atomic mass is 16.5. The molecule has 1 heterocycles. The number of nitrogens with zero attached hydrogens (tertiary/aromatic N) is 1. The molecule has 1 fully saturated rings. The summed E-state index contributed by atoms with van der Waals surface area (Å²) in [7, 11) is 0. The molecule has 0 saturated carbocycles. The van der Waals surface area contributed by atoms with Gasteiger partial charge in [0.15, 0.2) is 0 Å². The number of rotatable bonds is 8. The molecule has 1 aliphatic heterocycles. The highest BCUT2D eigenvalue weighted by Crippen LogP contribution is 2.21. The lowest BCUT2D eigenvalue weighted by atomic mass is 9.99. The third kappa shape index (κ3) is 4.32. The summed E-state index contributed by atoms with van der Waals surface area (Å²) in [5, 5.41) is 12.7. The Hall–Kier alpha value is -2.61. The summed E-state index contributed by atoms with van der Waals surface area (Å²) in [6.45, 7) is 5.23. The van der Waals surface area contributed by atoms with Crippen LogP contribution in [0.1, 0.15) is 37.6 Å². The van der Waals surface area contributed by atoms with Crippen LogP contribution in [0.25, 0.3) is 0 Å². The monoisotopic (exact) mass is 364 g/mol. The van der Waals surface area contributed by atoms with Gasteiger partial charge >= 0.3 is 12.0 Å². The Labute approximate surface area is 152 Å². The molecule has 8 nitrogen and oxygen atoms in total. The minimum atomic E-state index is -1.03. The average Bonchev–Trinajstić information content (AvgIpc) is 2.84. The molecule has 0 radical (unpaired) electrons. The first kappa shape index (κ1) is 19.7. The molecule has 8 heteroatoms. The first-order valence-corrected chi connectivity index (χ1v) is 8.53. The molecule has 26 heavy (non-hydrogen) atoms. The van der Waals surface area contributed by atoms with Gasteiger partial charge in [0, 0.05) is 0 Å². The number of urea groups is 1. The van der Waals surface area contributed by atoms with Crippen LogP contribution < -0.4 is 10.1 Å². The van der Waals surface area contributed by atoms with E-state index in [9.17, 15) is 19.5 Å². The molecule has 0 bridgehead atoms. The maximum absolute atomic E-state index is 12.3. The predicted molar refractivity (Wildman–Crippen MR) is 92.8 cm³/mol. The van der Waals surface area contributed by atoms with Crippen molar-refractivity contribution < 1.29 is 29.0 Å². The SMILES string of the molecule is CCOC(=O)c1ccc(OC[C@@H](O)CN2C(=O)N[C@@](C)(CC)C2=O)cc1. The second-order valence-electron chi connectivity index (χ2n) is 6.24. The number of hydrogen-bond acceptors (Lipinski definition) is 6. The van der Waals surface area contributed by atoms with Crippen molar-refractivity contribution in [3.63, 3.8) is 0 Å². The van der Waals surface area contributed by atoms with Gasteiger partial charge in [-0.15, -0.1) is 0 Å². The number of imide groups is 1. The van der Waals surface area contributed by atoms with Crippen LogP contribution in [0, 0.1) is 0 Å². The van der Waals surface area contributed by atoms with E-state index in [1.165, 1.54) is 0 Å². The van der Waals surface area contributed by atoms with E-state index in [2.05, 4.69) is 5.32 Å². The standard InChI is InChI=1S/C18H24N2O6/c1-4-18(3)16(23)20(17(24)19-18)10-13(21)11-26-14-8-6-12(7-9-14)15(22)25-5-2/h6-9,13,21H,4-5,10-11H2,1-3H3,(H,19,24)/t13-,18-/m0/s1. The molecule has 0 spiro atoms. The van der Waals surface area contributed by atoms with E-state index in [4.69, 9.17) is 9.47 Å². The number of β-amino-alcohol motifs (C(OH)–C–C–N with tert-alkyl or cyclic N) is 1. The second kappa shape index (κ2) is 8.18. The summed E-state index contributed by atoms with van der Waals surface area (Å²) in [6.07, 6.45) is -0.568. The number of benzene rings is 1. The maximum Gasteiger partial charge on any atom is 0.338 e. The van der Waals surface area contributed by atoms with Crippen LogP contribution >= 0.6 is 0 Å². The van der Waals surface area contributed by atoms with Gasteiger partial charge < -0.3 is 19.9 Å². The van der Waals surface area contributed by atoms with Gasteiger partial charge in [-0.05, 0) is 44.5 Å². The van der Waals surface area contributed by atoms with E-state index in [0.29, 0.717) is 24.3 Å². The summed E-state index contributed by atoms with van der Waals surface area (Å²) in [4.78, 5) is 36.8. The van der Waals surface area contributed by atoms with Crippen molar-refractivity contribution in [1.82, 2.24) is 10.2 Å². The lowest BCUT2D eigenvalue weighted by Gasteiger charge is -2.21. The van der Waals surface area contributed by atoms with E-state index in [1.54, 1.807) is 45.0 Å². The zero-order chi connectivity index (χ0) is 19.3. The van der Waals surface area contributed by atoms with Crippen molar-refractivity contribution in [3.05, 3.63) is 29.8 Å². The van der Waals surface area contributed by atoms with Crippen LogP contribution in [0.15, 0.2) is 24.3 Å². The molecule has 2 atom stereocenters. The highest BCUT2D eigenvalue weighted by molar-refractivity contribution is 6.06. The number of amides is 3. The third-order valence-corrected chi connectivity index (χ3v) is 4.25. The molecule has 0 aliphatic carbocycles. The molecule has 1 saturated heterocycles. The summed E-state index contributed by atoms with van der Waals surface area (Å²) < 4.78 is 10.3. The Balaban J connectivity index is 1.87. The predicted octanol–water partition coefficient (Wildman–Crippen LogP) is 1.32. The maximum atomic E-state index is 12.3. The number of esters is 1. The van der Waals surface area contributed by atoms with Crippen LogP contribution in [-0.2, 0) is 9.53 Å². The van der Waals surface area contributed by atoms with Crippen molar-refractivity contribution in [3.8, 4) is 5.75 Å². The highest BCUT2D eigenvalue weighted by Gasteiger charge is 2.46. The van der Waals surface area contributed by atoms with Crippen molar-refractivity contribution in [2.45, 2.75) is 38.8 Å². The number of aliphatic hydroxyl groups excluding tert-OH is 1. The third-order valence-electron chi connectivity index (χ3n) is 4.25. The Bertz CT molecular complexity index is 675. The molecule has 0 unspecified atom stereocenters. The minimum Gasteiger partial charge on any atom is -0.491 e. The molecule has 2 rings (SSSR count). The van der Waals surface area contributed by atoms with Crippen LogP contribution in [0.5, 0.6) is 5.75 Å². The van der Waals surface area contributed by atoms with Crippen molar-refractivity contribution in [2.75, 3.05) is 19.8 Å². The number of ether oxygens (including phenoxy) is 2. The summed E-state index contributed by atoms with van der Waals surface area (Å²) in [6, 6.07) is 5.77. The van der Waals surface area contributed by atoms with Gasteiger partial charge in [-0.1, -0.05) is 6.92 Å². The zero-order valence-electron chi connectivity index (χ0n) is 15.2. The molecule has 1 aromatic rings. The molecule has 3 amide bonds. The Morgan fingerprint density at radius 3 is 2.46 bits per heavy atom. The van der Waals surface area contributed by atoms with E-state index in [-0.39, 0.29) is 19.1 Å². The fourth-order valence-corrected chi connectivity index (χ4v) is 2.51. The first-order chi connectivity index (χ1) is 12.3. The number of carbonyl (C=O) groups excluding carboxylic acids is 3. The fraction of sp³-hybridized carbons (Fsp3) is 0.500.